The molecule has 6 nitrogen and oxygen atoms in total. The van der Waals surface area contributed by atoms with Gasteiger partial charge in [-0.05, 0) is 24.4 Å². The zero-order valence-corrected chi connectivity index (χ0v) is 14.2. The lowest BCUT2D eigenvalue weighted by molar-refractivity contribution is -0.143. The van der Waals surface area contributed by atoms with Crippen molar-refractivity contribution < 1.29 is 18.0 Å². The van der Waals surface area contributed by atoms with Crippen LogP contribution in [0.4, 0.5) is 13.2 Å². The maximum atomic E-state index is 12.5. The van der Waals surface area contributed by atoms with Crippen molar-refractivity contribution in [1.29, 1.82) is 0 Å². The maximum absolute atomic E-state index is 12.5. The summed E-state index contributed by atoms with van der Waals surface area (Å²) in [5, 5.41) is 10.3. The number of amides is 1. The first-order valence-electron chi connectivity index (χ1n) is 8.58. The minimum absolute atomic E-state index is 0.0341. The van der Waals surface area contributed by atoms with Crippen molar-refractivity contribution in [2.24, 2.45) is 18.9 Å². The lowest BCUT2D eigenvalue weighted by Crippen LogP contribution is -2.38. The molecular weight excluding hydrogens is 335 g/mol. The highest BCUT2D eigenvalue weighted by atomic mass is 19.4. The summed E-state index contributed by atoms with van der Waals surface area (Å²) in [6, 6.07) is 0. The Balaban J connectivity index is 1.48. The quantitative estimate of drug-likeness (QED) is 0.814. The second-order valence-electron chi connectivity index (χ2n) is 7.07. The van der Waals surface area contributed by atoms with Gasteiger partial charge in [0.25, 0.3) is 0 Å². The summed E-state index contributed by atoms with van der Waals surface area (Å²) >= 11 is 0. The van der Waals surface area contributed by atoms with E-state index in [0.717, 1.165) is 12.1 Å². The van der Waals surface area contributed by atoms with Gasteiger partial charge in [0, 0.05) is 45.3 Å². The highest BCUT2D eigenvalue weighted by molar-refractivity contribution is 5.80. The zero-order valence-electron chi connectivity index (χ0n) is 14.2. The smallest absolute Gasteiger partial charge is 0.355 e. The van der Waals surface area contributed by atoms with Crippen molar-refractivity contribution in [2.75, 3.05) is 39.3 Å². The van der Waals surface area contributed by atoms with Crippen LogP contribution in [0.15, 0.2) is 12.4 Å². The van der Waals surface area contributed by atoms with Crippen LogP contribution in [0.1, 0.15) is 17.9 Å². The minimum atomic E-state index is -4.16. The summed E-state index contributed by atoms with van der Waals surface area (Å²) in [6.45, 7) is 1.72. The van der Waals surface area contributed by atoms with E-state index in [-0.39, 0.29) is 23.7 Å². The van der Waals surface area contributed by atoms with Crippen LogP contribution in [0.3, 0.4) is 0 Å². The van der Waals surface area contributed by atoms with Gasteiger partial charge >= 0.3 is 6.18 Å². The number of carbonyl (C=O) groups is 1. The highest BCUT2D eigenvalue weighted by Gasteiger charge is 2.36. The van der Waals surface area contributed by atoms with E-state index < -0.39 is 12.7 Å². The molecule has 0 bridgehead atoms. The monoisotopic (exact) mass is 359 g/mol. The van der Waals surface area contributed by atoms with Gasteiger partial charge in [0.15, 0.2) is 0 Å². The average Bonchev–Trinajstić information content (AvgIpc) is 3.23. The van der Waals surface area contributed by atoms with Crippen LogP contribution in [0.2, 0.25) is 0 Å². The second-order valence-corrected chi connectivity index (χ2v) is 7.07. The van der Waals surface area contributed by atoms with Gasteiger partial charge in [0.05, 0.1) is 18.7 Å². The highest BCUT2D eigenvalue weighted by Crippen LogP contribution is 2.28. The SMILES string of the molecule is Cn1cc([C@H]2CNC[C@@H]2C(=O)NCC2CCN(CC(F)(F)F)C2)cn1. The van der Waals surface area contributed by atoms with Crippen molar-refractivity contribution in [3.05, 3.63) is 18.0 Å². The third kappa shape index (κ3) is 4.72. The predicted molar refractivity (Wildman–Crippen MR) is 85.9 cm³/mol. The van der Waals surface area contributed by atoms with E-state index >= 15 is 0 Å². The van der Waals surface area contributed by atoms with Crippen molar-refractivity contribution in [3.63, 3.8) is 0 Å². The molecule has 1 unspecified atom stereocenters. The molecule has 3 atom stereocenters. The van der Waals surface area contributed by atoms with Crippen LogP contribution in [-0.2, 0) is 11.8 Å². The van der Waals surface area contributed by atoms with Crippen molar-refractivity contribution in [3.8, 4) is 0 Å². The van der Waals surface area contributed by atoms with Crippen LogP contribution in [0.25, 0.3) is 0 Å². The summed E-state index contributed by atoms with van der Waals surface area (Å²) in [7, 11) is 1.84. The van der Waals surface area contributed by atoms with E-state index in [4.69, 9.17) is 0 Å². The molecule has 9 heteroatoms. The molecule has 2 saturated heterocycles. The fraction of sp³-hybridized carbons (Fsp3) is 0.750. The molecular formula is C16H24F3N5O. The van der Waals surface area contributed by atoms with E-state index in [9.17, 15) is 18.0 Å². The fourth-order valence-electron chi connectivity index (χ4n) is 3.79. The Morgan fingerprint density at radius 1 is 1.44 bits per heavy atom. The molecule has 3 heterocycles. The summed E-state index contributed by atoms with van der Waals surface area (Å²) in [5.41, 5.74) is 1.03. The second kappa shape index (κ2) is 7.33. The number of aryl methyl sites for hydroxylation is 1. The number of carbonyl (C=O) groups excluding carboxylic acids is 1. The van der Waals surface area contributed by atoms with E-state index in [2.05, 4.69) is 15.7 Å². The number of rotatable bonds is 5. The molecule has 2 N–H and O–H groups in total. The molecule has 2 aliphatic heterocycles. The van der Waals surface area contributed by atoms with Gasteiger partial charge in [0.2, 0.25) is 5.91 Å². The first kappa shape index (κ1) is 18.2. The zero-order chi connectivity index (χ0) is 18.0. The van der Waals surface area contributed by atoms with Crippen LogP contribution < -0.4 is 10.6 Å². The summed E-state index contributed by atoms with van der Waals surface area (Å²) in [5.74, 6) is -0.0403. The molecule has 2 fully saturated rings. The number of nitrogens with zero attached hydrogens (tertiary/aromatic N) is 3. The van der Waals surface area contributed by atoms with E-state index in [1.165, 1.54) is 4.90 Å². The number of likely N-dealkylation sites (tertiary alicyclic amines) is 1. The Morgan fingerprint density at radius 2 is 2.24 bits per heavy atom. The Bertz CT molecular complexity index is 603. The number of alkyl halides is 3. The molecule has 3 rings (SSSR count). The first-order chi connectivity index (χ1) is 11.8. The van der Waals surface area contributed by atoms with Gasteiger partial charge in [-0.3, -0.25) is 14.4 Å². The number of aromatic nitrogens is 2. The summed E-state index contributed by atoms with van der Waals surface area (Å²) in [6.07, 6.45) is 0.226. The molecule has 1 amide bonds. The lowest BCUT2D eigenvalue weighted by Gasteiger charge is -2.20. The average molecular weight is 359 g/mol. The van der Waals surface area contributed by atoms with Crippen LogP contribution in [0.5, 0.6) is 0 Å². The molecule has 0 radical (unpaired) electrons. The topological polar surface area (TPSA) is 62.2 Å². The first-order valence-corrected chi connectivity index (χ1v) is 8.58. The van der Waals surface area contributed by atoms with Gasteiger partial charge in [0.1, 0.15) is 0 Å². The third-order valence-corrected chi connectivity index (χ3v) is 5.04. The largest absolute Gasteiger partial charge is 0.401 e. The number of hydrogen-bond acceptors (Lipinski definition) is 4. The molecule has 0 spiro atoms. The third-order valence-electron chi connectivity index (χ3n) is 5.04. The van der Waals surface area contributed by atoms with Crippen molar-refractivity contribution in [1.82, 2.24) is 25.3 Å². The normalized spacial score (nSPS) is 27.8. The minimum Gasteiger partial charge on any atom is -0.355 e. The number of hydrogen-bond donors (Lipinski definition) is 2. The molecule has 0 aliphatic carbocycles. The van der Waals surface area contributed by atoms with Gasteiger partial charge in [-0.25, -0.2) is 0 Å². The molecule has 1 aromatic heterocycles. The molecule has 1 aromatic rings. The van der Waals surface area contributed by atoms with Gasteiger partial charge in [-0.1, -0.05) is 0 Å². The number of halogens is 3. The van der Waals surface area contributed by atoms with Crippen LogP contribution >= 0.6 is 0 Å². The lowest BCUT2D eigenvalue weighted by atomic mass is 9.90. The van der Waals surface area contributed by atoms with E-state index in [0.29, 0.717) is 32.6 Å². The molecule has 2 aliphatic rings. The predicted octanol–water partition coefficient (Wildman–Crippen LogP) is 0.723. The van der Waals surface area contributed by atoms with Gasteiger partial charge < -0.3 is 10.6 Å². The summed E-state index contributed by atoms with van der Waals surface area (Å²) in [4.78, 5) is 13.9. The standard InChI is InChI=1S/C16H24F3N5O/c1-23-9-12(5-22-23)13-6-20-7-14(13)15(25)21-4-11-2-3-24(8-11)10-16(17,18)19/h5,9,11,13-14,20H,2-4,6-8,10H2,1H3,(H,21,25)/t11?,13-,14+/m1/s1. The molecule has 0 aromatic carbocycles. The summed E-state index contributed by atoms with van der Waals surface area (Å²) < 4.78 is 39.0. The van der Waals surface area contributed by atoms with E-state index in [1.807, 2.05) is 13.2 Å². The Hall–Kier alpha value is -1.61. The Morgan fingerprint density at radius 3 is 2.92 bits per heavy atom. The van der Waals surface area contributed by atoms with Crippen molar-refractivity contribution >= 4 is 5.91 Å². The maximum Gasteiger partial charge on any atom is 0.401 e. The molecule has 25 heavy (non-hydrogen) atoms. The number of nitrogens with one attached hydrogen (secondary N) is 2. The Kier molecular flexibility index (Phi) is 5.33. The van der Waals surface area contributed by atoms with Crippen LogP contribution in [-0.4, -0.2) is 66.0 Å². The van der Waals surface area contributed by atoms with E-state index in [1.54, 1.807) is 10.9 Å². The van der Waals surface area contributed by atoms with Gasteiger partial charge in [-0.2, -0.15) is 18.3 Å². The molecule has 0 saturated carbocycles. The van der Waals surface area contributed by atoms with Gasteiger partial charge in [-0.15, -0.1) is 0 Å². The fourth-order valence-corrected chi connectivity index (χ4v) is 3.79. The van der Waals surface area contributed by atoms with Crippen LogP contribution in [0, 0.1) is 11.8 Å². The Labute approximate surface area is 144 Å². The van der Waals surface area contributed by atoms with Crippen molar-refractivity contribution in [2.45, 2.75) is 18.5 Å². The molecule has 140 valence electrons.